The minimum atomic E-state index is -0.282. The fourth-order valence-corrected chi connectivity index (χ4v) is 9.06. The molecule has 0 unspecified atom stereocenters. The maximum Gasteiger partial charge on any atom is 0.160 e. The molecule has 3 aromatic heterocycles. The third-order valence-corrected chi connectivity index (χ3v) is 12.1. The van der Waals surface area contributed by atoms with Gasteiger partial charge in [0, 0.05) is 51.0 Å². The van der Waals surface area contributed by atoms with Crippen LogP contribution in [0.3, 0.4) is 0 Å². The van der Waals surface area contributed by atoms with Crippen LogP contribution >= 0.6 is 0 Å². The SMILES string of the molecule is CC1(C)c2cc(C#N)ccc2-c2ccc(-c3cc(-c4cc(-c5ccc(-c6ccccc6)cc5)nc(-c5ccccc5)n4)cc(-n4c5ccccc5c5cnccc54)c3)cc21. The highest BCUT2D eigenvalue weighted by molar-refractivity contribution is 6.09. The van der Waals surface area contributed by atoms with Crippen molar-refractivity contribution in [2.75, 3.05) is 0 Å². The van der Waals surface area contributed by atoms with Gasteiger partial charge < -0.3 is 4.57 Å². The second-order valence-corrected chi connectivity index (χ2v) is 16.0. The predicted octanol–water partition coefficient (Wildman–Crippen LogP) is 13.5. The molecule has 10 aromatic rings. The molecule has 0 radical (unpaired) electrons. The third kappa shape index (κ3) is 5.81. The lowest BCUT2D eigenvalue weighted by Crippen LogP contribution is -2.15. The van der Waals surface area contributed by atoms with Crippen molar-refractivity contribution in [1.29, 1.82) is 5.26 Å². The summed E-state index contributed by atoms with van der Waals surface area (Å²) in [6.07, 6.45) is 3.83. The van der Waals surface area contributed by atoms with Gasteiger partial charge in [-0.15, -0.1) is 0 Å². The average molecular weight is 768 g/mol. The molecule has 7 aromatic carbocycles. The van der Waals surface area contributed by atoms with Crippen LogP contribution in [0.2, 0.25) is 0 Å². The summed E-state index contributed by atoms with van der Waals surface area (Å²) < 4.78 is 2.35. The number of para-hydroxylation sites is 1. The van der Waals surface area contributed by atoms with Gasteiger partial charge >= 0.3 is 0 Å². The number of pyridine rings is 1. The highest BCUT2D eigenvalue weighted by atomic mass is 15.0. The lowest BCUT2D eigenvalue weighted by atomic mass is 9.81. The first-order chi connectivity index (χ1) is 29.4. The van der Waals surface area contributed by atoms with E-state index >= 15 is 0 Å². The Labute approximate surface area is 348 Å². The van der Waals surface area contributed by atoms with Crippen LogP contribution in [0.15, 0.2) is 188 Å². The van der Waals surface area contributed by atoms with Gasteiger partial charge in [-0.3, -0.25) is 4.98 Å². The summed E-state index contributed by atoms with van der Waals surface area (Å²) in [5.41, 5.74) is 17.6. The molecule has 0 saturated carbocycles. The summed E-state index contributed by atoms with van der Waals surface area (Å²) in [5, 5.41) is 12.0. The molecule has 1 aliphatic rings. The molecule has 0 atom stereocenters. The Kier molecular flexibility index (Phi) is 8.14. The van der Waals surface area contributed by atoms with Crippen LogP contribution in [0.5, 0.6) is 0 Å². The van der Waals surface area contributed by atoms with Crippen molar-refractivity contribution in [3.8, 4) is 79.0 Å². The zero-order valence-corrected chi connectivity index (χ0v) is 33.1. The molecule has 11 rings (SSSR count). The summed E-state index contributed by atoms with van der Waals surface area (Å²) in [7, 11) is 0. The van der Waals surface area contributed by atoms with E-state index in [0.29, 0.717) is 11.4 Å². The maximum atomic E-state index is 9.76. The van der Waals surface area contributed by atoms with Gasteiger partial charge in [0.2, 0.25) is 0 Å². The number of hydrogen-bond donors (Lipinski definition) is 0. The molecule has 0 aliphatic heterocycles. The molecule has 5 nitrogen and oxygen atoms in total. The number of fused-ring (bicyclic) bond motifs is 6. The third-order valence-electron chi connectivity index (χ3n) is 12.1. The van der Waals surface area contributed by atoms with Crippen LogP contribution in [-0.2, 0) is 5.41 Å². The summed E-state index contributed by atoms with van der Waals surface area (Å²) >= 11 is 0. The van der Waals surface area contributed by atoms with Gasteiger partial charge in [0.1, 0.15) is 0 Å². The second-order valence-electron chi connectivity index (χ2n) is 16.0. The zero-order valence-electron chi connectivity index (χ0n) is 33.1. The monoisotopic (exact) mass is 767 g/mol. The Bertz CT molecular complexity index is 3280. The molecule has 0 fully saturated rings. The lowest BCUT2D eigenvalue weighted by molar-refractivity contribution is 0.660. The normalized spacial score (nSPS) is 12.6. The largest absolute Gasteiger partial charge is 0.309 e. The van der Waals surface area contributed by atoms with Gasteiger partial charge in [-0.25, -0.2) is 9.97 Å². The van der Waals surface area contributed by atoms with E-state index in [1.807, 2.05) is 42.7 Å². The smallest absolute Gasteiger partial charge is 0.160 e. The van der Waals surface area contributed by atoms with Crippen LogP contribution in [0.1, 0.15) is 30.5 Å². The number of benzene rings is 7. The highest BCUT2D eigenvalue weighted by Gasteiger charge is 2.36. The van der Waals surface area contributed by atoms with Crippen LogP contribution in [0, 0.1) is 11.3 Å². The molecule has 1 aliphatic carbocycles. The van der Waals surface area contributed by atoms with Crippen molar-refractivity contribution in [2.24, 2.45) is 0 Å². The number of nitrogens with zero attached hydrogens (tertiary/aromatic N) is 5. The number of rotatable bonds is 6. The molecule has 0 bridgehead atoms. The van der Waals surface area contributed by atoms with Gasteiger partial charge in [0.05, 0.1) is 34.1 Å². The summed E-state index contributed by atoms with van der Waals surface area (Å²) in [6, 6.07) is 64.1. The van der Waals surface area contributed by atoms with E-state index in [9.17, 15) is 5.26 Å². The predicted molar refractivity (Wildman–Crippen MR) is 244 cm³/mol. The van der Waals surface area contributed by atoms with E-state index in [1.54, 1.807) is 0 Å². The van der Waals surface area contributed by atoms with Gasteiger partial charge in [-0.2, -0.15) is 5.26 Å². The Morgan fingerprint density at radius 3 is 1.85 bits per heavy atom. The Morgan fingerprint density at radius 1 is 0.483 bits per heavy atom. The van der Waals surface area contributed by atoms with Crippen LogP contribution in [0.25, 0.3) is 94.8 Å². The molecule has 0 saturated heterocycles. The zero-order chi connectivity index (χ0) is 40.4. The first-order valence-corrected chi connectivity index (χ1v) is 20.2. The summed E-state index contributed by atoms with van der Waals surface area (Å²) in [5.74, 6) is 0.666. The van der Waals surface area contributed by atoms with Crippen molar-refractivity contribution in [1.82, 2.24) is 19.5 Å². The Hall–Kier alpha value is -7.94. The van der Waals surface area contributed by atoms with Crippen molar-refractivity contribution < 1.29 is 0 Å². The van der Waals surface area contributed by atoms with Crippen LogP contribution < -0.4 is 0 Å². The van der Waals surface area contributed by atoms with Gasteiger partial charge in [-0.05, 0) is 99.1 Å². The molecule has 0 N–H and O–H groups in total. The fraction of sp³-hybridized carbons (Fsp3) is 0.0545. The van der Waals surface area contributed by atoms with E-state index in [2.05, 4.69) is 175 Å². The van der Waals surface area contributed by atoms with E-state index in [0.717, 1.165) is 72.3 Å². The van der Waals surface area contributed by atoms with Crippen molar-refractivity contribution in [3.63, 3.8) is 0 Å². The molecule has 282 valence electrons. The number of nitriles is 1. The molecule has 60 heavy (non-hydrogen) atoms. The van der Waals surface area contributed by atoms with E-state index in [1.165, 1.54) is 27.8 Å². The number of hydrogen-bond acceptors (Lipinski definition) is 4. The molecule has 3 heterocycles. The first kappa shape index (κ1) is 35.2. The number of aromatic nitrogens is 4. The van der Waals surface area contributed by atoms with E-state index in [-0.39, 0.29) is 5.41 Å². The highest BCUT2D eigenvalue weighted by Crippen LogP contribution is 2.50. The molecular weight excluding hydrogens is 731 g/mol. The average Bonchev–Trinajstić information content (AvgIpc) is 3.77. The maximum absolute atomic E-state index is 9.76. The van der Waals surface area contributed by atoms with E-state index < -0.39 is 0 Å². The minimum absolute atomic E-state index is 0.282. The van der Waals surface area contributed by atoms with Crippen LogP contribution in [-0.4, -0.2) is 19.5 Å². The summed E-state index contributed by atoms with van der Waals surface area (Å²) in [6.45, 7) is 4.52. The summed E-state index contributed by atoms with van der Waals surface area (Å²) in [4.78, 5) is 15.0. The van der Waals surface area contributed by atoms with Gasteiger partial charge in [0.25, 0.3) is 0 Å². The quantitative estimate of drug-likeness (QED) is 0.169. The van der Waals surface area contributed by atoms with Crippen molar-refractivity contribution >= 4 is 21.8 Å². The standard InChI is InChI=1S/C55H37N5/c1-55(2)48-27-35(33-56)17-23-44(48)45-24-22-40(31-49(45)55)41-28-42(30-43(29-41)60-52-16-10-9-15-46(52)47-34-57-26-25-53(47)60)51-32-50(58-54(59-51)39-13-7-4-8-14-39)38-20-18-37(19-21-38)36-11-5-3-6-12-36/h3-32,34H,1-2H3. The second kappa shape index (κ2) is 13.9. The Morgan fingerprint density at radius 2 is 1.08 bits per heavy atom. The van der Waals surface area contributed by atoms with Crippen LogP contribution in [0.4, 0.5) is 0 Å². The Balaban J connectivity index is 1.13. The molecule has 5 heteroatoms. The van der Waals surface area contributed by atoms with Crippen molar-refractivity contribution in [3.05, 3.63) is 205 Å². The fourth-order valence-electron chi connectivity index (χ4n) is 9.06. The van der Waals surface area contributed by atoms with E-state index in [4.69, 9.17) is 9.97 Å². The van der Waals surface area contributed by atoms with Gasteiger partial charge in [0.15, 0.2) is 5.82 Å². The van der Waals surface area contributed by atoms with Gasteiger partial charge in [-0.1, -0.05) is 135 Å². The first-order valence-electron chi connectivity index (χ1n) is 20.2. The molecular formula is C55H37N5. The molecule has 0 amide bonds. The van der Waals surface area contributed by atoms with Crippen molar-refractivity contribution in [2.45, 2.75) is 19.3 Å². The minimum Gasteiger partial charge on any atom is -0.309 e. The lowest BCUT2D eigenvalue weighted by Gasteiger charge is -2.22. The topological polar surface area (TPSA) is 67.4 Å². The molecule has 0 spiro atoms.